The number of amides is 2. The summed E-state index contributed by atoms with van der Waals surface area (Å²) >= 11 is 0. The van der Waals surface area contributed by atoms with Crippen LogP contribution in [0.2, 0.25) is 0 Å². The number of carbonyl (C=O) groups excluding carboxylic acids is 2. The Labute approximate surface area is 413 Å². The van der Waals surface area contributed by atoms with Crippen molar-refractivity contribution in [3.05, 3.63) is 24.3 Å². The summed E-state index contributed by atoms with van der Waals surface area (Å²) in [6.07, 6.45) is 37.8. The lowest BCUT2D eigenvalue weighted by Crippen LogP contribution is -2.46. The first-order valence-electron chi connectivity index (χ1n) is 28.0. The van der Waals surface area contributed by atoms with Crippen molar-refractivity contribution in [1.29, 1.82) is 0 Å². The minimum absolute atomic E-state index is 0.0740. The lowest BCUT2D eigenvalue weighted by Gasteiger charge is -2.24. The van der Waals surface area contributed by atoms with E-state index in [0.29, 0.717) is 39.3 Å². The highest BCUT2D eigenvalue weighted by atomic mass is 16.2. The van der Waals surface area contributed by atoms with Crippen LogP contribution in [0.15, 0.2) is 24.3 Å². The molecule has 0 aromatic carbocycles. The maximum absolute atomic E-state index is 13.3. The third-order valence-corrected chi connectivity index (χ3v) is 12.4. The third kappa shape index (κ3) is 44.9. The second kappa shape index (κ2) is 53.4. The van der Waals surface area contributed by atoms with Gasteiger partial charge in [0.2, 0.25) is 11.8 Å². The molecule has 2 amide bonds. The van der Waals surface area contributed by atoms with E-state index in [1.807, 2.05) is 0 Å². The Bertz CT molecular complexity index is 1100. The number of rotatable bonds is 54. The zero-order valence-electron chi connectivity index (χ0n) is 43.9. The van der Waals surface area contributed by atoms with E-state index in [0.717, 1.165) is 162 Å². The fourth-order valence-electron chi connectivity index (χ4n) is 8.09. The second-order valence-corrected chi connectivity index (χ2v) is 18.7. The van der Waals surface area contributed by atoms with Crippen LogP contribution in [0.25, 0.3) is 0 Å². The predicted octanol–water partition coefficient (Wildman–Crippen LogP) is 5.66. The van der Waals surface area contributed by atoms with E-state index in [4.69, 9.17) is 22.9 Å². The van der Waals surface area contributed by atoms with Gasteiger partial charge in [0, 0.05) is 39.3 Å². The summed E-state index contributed by atoms with van der Waals surface area (Å²) in [6, 6.07) is -0.430. The quantitative estimate of drug-likeness (QED) is 0.0264. The zero-order chi connectivity index (χ0) is 48.9. The Kier molecular flexibility index (Phi) is 51.8. The van der Waals surface area contributed by atoms with E-state index < -0.39 is 0 Å². The van der Waals surface area contributed by atoms with Crippen LogP contribution in [0, 0.1) is 0 Å². The van der Waals surface area contributed by atoms with Crippen molar-refractivity contribution < 1.29 is 9.59 Å². The third-order valence-electron chi connectivity index (χ3n) is 12.4. The molecule has 0 aliphatic heterocycles. The average molecular weight is 950 g/mol. The Balaban J connectivity index is 5.41. The predicted molar refractivity (Wildman–Crippen MR) is 289 cm³/mol. The molecule has 0 spiro atoms. The van der Waals surface area contributed by atoms with Crippen molar-refractivity contribution in [3.8, 4) is 0 Å². The molecule has 0 heterocycles. The molecular formula is C53H112N12O2. The standard InChI is InChI=1S/C53H112N12O2/c1-3-5-7-9-11-13-15-17-19-44-64(48-28-41-62-52(66)50(60-39-26-34-56)30-23-36-58-37-24-32-54)46-21-22-47-65(45-20-18-16-14-12-10-8-6-4-2)49-29-42-63-53(67)51(61-40-27-35-57)31-43-59-38-25-33-55/h17-20,50-51,58-61H,3-16,21-49,54-57H2,1-2H3,(H,62,66)(H,63,67). The zero-order valence-corrected chi connectivity index (χ0v) is 43.9. The molecule has 0 saturated heterocycles. The van der Waals surface area contributed by atoms with Crippen LogP contribution in [0.1, 0.15) is 174 Å². The molecule has 0 fully saturated rings. The highest BCUT2D eigenvalue weighted by molar-refractivity contribution is 5.82. The molecule has 0 bridgehead atoms. The van der Waals surface area contributed by atoms with Gasteiger partial charge in [0.25, 0.3) is 0 Å². The van der Waals surface area contributed by atoms with E-state index >= 15 is 0 Å². The van der Waals surface area contributed by atoms with Gasteiger partial charge in [-0.05, 0) is 175 Å². The SMILES string of the molecule is CCCCCCCCC=CCN(CCCCN(CC=CCCCCCCCC)CCCNC(=O)C(CCNCCCN)NCCCN)CCCNC(=O)C(CCCNCCCN)NCCCN. The first kappa shape index (κ1) is 65.0. The summed E-state index contributed by atoms with van der Waals surface area (Å²) < 4.78 is 0. The van der Waals surface area contributed by atoms with Crippen LogP contribution in [0.4, 0.5) is 0 Å². The van der Waals surface area contributed by atoms with Gasteiger partial charge in [0.1, 0.15) is 0 Å². The molecule has 0 radical (unpaired) electrons. The van der Waals surface area contributed by atoms with Gasteiger partial charge < -0.3 is 54.8 Å². The number of carbonyl (C=O) groups is 2. The molecule has 0 aliphatic carbocycles. The largest absolute Gasteiger partial charge is 0.355 e. The maximum Gasteiger partial charge on any atom is 0.237 e. The summed E-state index contributed by atoms with van der Waals surface area (Å²) in [5, 5.41) is 20.2. The molecule has 0 aliphatic rings. The summed E-state index contributed by atoms with van der Waals surface area (Å²) in [5.74, 6) is 0.167. The topological polar surface area (TPSA) is 217 Å². The average Bonchev–Trinajstić information content (AvgIpc) is 3.33. The Morgan fingerprint density at radius 3 is 1.25 bits per heavy atom. The van der Waals surface area contributed by atoms with Gasteiger partial charge in [-0.3, -0.25) is 19.4 Å². The molecule has 2 unspecified atom stereocenters. The van der Waals surface area contributed by atoms with Crippen molar-refractivity contribution in [2.24, 2.45) is 22.9 Å². The number of nitrogens with zero attached hydrogens (tertiary/aromatic N) is 2. The fourth-order valence-corrected chi connectivity index (χ4v) is 8.09. The van der Waals surface area contributed by atoms with Crippen molar-refractivity contribution in [3.63, 3.8) is 0 Å². The smallest absolute Gasteiger partial charge is 0.237 e. The van der Waals surface area contributed by atoms with Crippen LogP contribution in [-0.2, 0) is 9.59 Å². The number of allylic oxidation sites excluding steroid dienone is 2. The van der Waals surface area contributed by atoms with Crippen LogP contribution >= 0.6 is 0 Å². The number of hydrogen-bond donors (Lipinski definition) is 10. The highest BCUT2D eigenvalue weighted by Gasteiger charge is 2.18. The van der Waals surface area contributed by atoms with Crippen molar-refractivity contribution in [1.82, 2.24) is 41.7 Å². The van der Waals surface area contributed by atoms with Crippen LogP contribution in [0.5, 0.6) is 0 Å². The number of nitrogens with one attached hydrogen (secondary N) is 6. The second-order valence-electron chi connectivity index (χ2n) is 18.7. The lowest BCUT2D eigenvalue weighted by atomic mass is 10.1. The molecular weight excluding hydrogens is 837 g/mol. The first-order chi connectivity index (χ1) is 33.0. The molecule has 14 N–H and O–H groups in total. The molecule has 14 heteroatoms. The van der Waals surface area contributed by atoms with Crippen molar-refractivity contribution >= 4 is 11.8 Å². The molecule has 0 saturated carbocycles. The van der Waals surface area contributed by atoms with Gasteiger partial charge in [-0.15, -0.1) is 0 Å². The number of hydrogen-bond acceptors (Lipinski definition) is 12. The Morgan fingerprint density at radius 2 is 0.791 bits per heavy atom. The molecule has 14 nitrogen and oxygen atoms in total. The molecule has 0 aromatic heterocycles. The molecule has 67 heavy (non-hydrogen) atoms. The fraction of sp³-hybridized carbons (Fsp3) is 0.887. The maximum atomic E-state index is 13.3. The van der Waals surface area contributed by atoms with Gasteiger partial charge in [0.15, 0.2) is 0 Å². The van der Waals surface area contributed by atoms with E-state index in [2.05, 4.69) is 79.9 Å². The number of nitrogens with two attached hydrogens (primary N) is 4. The van der Waals surface area contributed by atoms with E-state index in [-0.39, 0.29) is 23.9 Å². The van der Waals surface area contributed by atoms with Crippen LogP contribution < -0.4 is 54.8 Å². The molecule has 0 rings (SSSR count). The highest BCUT2D eigenvalue weighted by Crippen LogP contribution is 2.10. The van der Waals surface area contributed by atoms with Gasteiger partial charge in [0.05, 0.1) is 12.1 Å². The summed E-state index contributed by atoms with van der Waals surface area (Å²) in [4.78, 5) is 31.7. The van der Waals surface area contributed by atoms with Gasteiger partial charge >= 0.3 is 0 Å². The van der Waals surface area contributed by atoms with Gasteiger partial charge in [-0.25, -0.2) is 0 Å². The minimum Gasteiger partial charge on any atom is -0.355 e. The Morgan fingerprint density at radius 1 is 0.403 bits per heavy atom. The molecule has 396 valence electrons. The first-order valence-corrected chi connectivity index (χ1v) is 28.0. The van der Waals surface area contributed by atoms with Crippen LogP contribution in [-0.4, -0.2) is 152 Å². The molecule has 0 aromatic rings. The monoisotopic (exact) mass is 949 g/mol. The minimum atomic E-state index is -0.229. The normalized spacial score (nSPS) is 12.9. The Hall–Kier alpha value is -1.98. The summed E-state index contributed by atoms with van der Waals surface area (Å²) in [5.41, 5.74) is 22.8. The summed E-state index contributed by atoms with van der Waals surface area (Å²) in [6.45, 7) is 19.3. The van der Waals surface area contributed by atoms with E-state index in [9.17, 15) is 9.59 Å². The van der Waals surface area contributed by atoms with Crippen molar-refractivity contribution in [2.75, 3.05) is 118 Å². The van der Waals surface area contributed by atoms with Crippen LogP contribution in [0.3, 0.4) is 0 Å². The molecule has 2 atom stereocenters. The van der Waals surface area contributed by atoms with Crippen molar-refractivity contribution in [2.45, 2.75) is 186 Å². The van der Waals surface area contributed by atoms with Gasteiger partial charge in [-0.2, -0.15) is 0 Å². The van der Waals surface area contributed by atoms with E-state index in [1.54, 1.807) is 0 Å². The van der Waals surface area contributed by atoms with Gasteiger partial charge in [-0.1, -0.05) is 102 Å². The van der Waals surface area contributed by atoms with E-state index in [1.165, 1.54) is 77.0 Å². The number of unbranched alkanes of at least 4 members (excludes halogenated alkanes) is 13. The summed E-state index contributed by atoms with van der Waals surface area (Å²) in [7, 11) is 0. The lowest BCUT2D eigenvalue weighted by molar-refractivity contribution is -0.124.